The van der Waals surface area contributed by atoms with E-state index in [0.717, 1.165) is 0 Å². The van der Waals surface area contributed by atoms with E-state index in [1.165, 1.54) is 0 Å². The Hall–Kier alpha value is -1.60. The molecule has 0 fully saturated rings. The van der Waals surface area contributed by atoms with Crippen LogP contribution in [0.15, 0.2) is 22.6 Å². The molecule has 0 radical (unpaired) electrons. The summed E-state index contributed by atoms with van der Waals surface area (Å²) in [4.78, 5) is 4.13. The predicted octanol–water partition coefficient (Wildman–Crippen LogP) is 1.40. The van der Waals surface area contributed by atoms with Crippen LogP contribution >= 0.6 is 0 Å². The molecule has 92 valence electrons. The van der Waals surface area contributed by atoms with Crippen LogP contribution in [-0.2, 0) is 10.2 Å². The largest absolute Gasteiger partial charge is 0.439 e. The van der Waals surface area contributed by atoms with E-state index in [9.17, 15) is 8.42 Å². The Bertz CT molecular complexity index is 633. The average Bonchev–Trinajstić information content (AvgIpc) is 2.58. The normalized spacial score (nSPS) is 11.9. The van der Waals surface area contributed by atoms with Crippen LogP contribution in [0.1, 0.15) is 12.8 Å². The number of benzene rings is 1. The molecule has 0 saturated heterocycles. The average molecular weight is 255 g/mol. The lowest BCUT2D eigenvalue weighted by Crippen LogP contribution is -2.29. The smallest absolute Gasteiger partial charge is 0.299 e. The molecule has 1 heterocycles. The van der Waals surface area contributed by atoms with Crippen LogP contribution in [-0.4, -0.2) is 19.9 Å². The standard InChI is InChI=1S/C10H13N3O3S/c1-3-11-17(14,15)13-9-6-4-5-8-10(9)16-7(2)12-8/h4-6,11,13H,3H2,1-2H3. The van der Waals surface area contributed by atoms with Gasteiger partial charge in [0.15, 0.2) is 11.5 Å². The number of fused-ring (bicyclic) bond motifs is 1. The van der Waals surface area contributed by atoms with Crippen molar-refractivity contribution in [3.8, 4) is 0 Å². The van der Waals surface area contributed by atoms with E-state index in [-0.39, 0.29) is 0 Å². The summed E-state index contributed by atoms with van der Waals surface area (Å²) in [5.74, 6) is 0.495. The molecule has 0 saturated carbocycles. The fourth-order valence-electron chi connectivity index (χ4n) is 1.51. The summed E-state index contributed by atoms with van der Waals surface area (Å²) in [6.45, 7) is 3.74. The van der Waals surface area contributed by atoms with Gasteiger partial charge in [-0.2, -0.15) is 13.1 Å². The predicted molar refractivity (Wildman–Crippen MR) is 65.0 cm³/mol. The topological polar surface area (TPSA) is 84.2 Å². The summed E-state index contributed by atoms with van der Waals surface area (Å²) >= 11 is 0. The molecule has 2 rings (SSSR count). The summed E-state index contributed by atoms with van der Waals surface area (Å²) in [7, 11) is -3.55. The van der Waals surface area contributed by atoms with Gasteiger partial charge in [0.05, 0.1) is 5.69 Å². The number of aromatic nitrogens is 1. The number of rotatable bonds is 4. The SMILES string of the molecule is CCNS(=O)(=O)Nc1cccc2nc(C)oc12. The Balaban J connectivity index is 2.42. The Labute approximate surface area is 99.2 Å². The van der Waals surface area contributed by atoms with E-state index in [0.29, 0.717) is 29.2 Å². The molecule has 0 aliphatic carbocycles. The van der Waals surface area contributed by atoms with Crippen molar-refractivity contribution in [3.63, 3.8) is 0 Å². The molecule has 0 unspecified atom stereocenters. The third-order valence-corrected chi connectivity index (χ3v) is 3.26. The zero-order valence-electron chi connectivity index (χ0n) is 9.52. The number of oxazole rings is 1. The summed E-state index contributed by atoms with van der Waals surface area (Å²) < 4.78 is 33.2. The van der Waals surface area contributed by atoms with Crippen molar-refractivity contribution in [2.45, 2.75) is 13.8 Å². The van der Waals surface area contributed by atoms with E-state index in [1.807, 2.05) is 0 Å². The molecule has 6 nitrogen and oxygen atoms in total. The Morgan fingerprint density at radius 2 is 2.18 bits per heavy atom. The van der Waals surface area contributed by atoms with Gasteiger partial charge in [-0.3, -0.25) is 4.72 Å². The van der Waals surface area contributed by atoms with E-state index in [2.05, 4.69) is 14.4 Å². The van der Waals surface area contributed by atoms with Crippen molar-refractivity contribution in [2.24, 2.45) is 0 Å². The molecule has 1 aromatic heterocycles. The fourth-order valence-corrected chi connectivity index (χ4v) is 2.41. The molecule has 1 aromatic carbocycles. The second-order valence-corrected chi connectivity index (χ2v) is 4.99. The number of nitrogens with zero attached hydrogens (tertiary/aromatic N) is 1. The number of para-hydroxylation sites is 1. The van der Waals surface area contributed by atoms with Crippen molar-refractivity contribution in [2.75, 3.05) is 11.3 Å². The van der Waals surface area contributed by atoms with Crippen LogP contribution in [0.25, 0.3) is 11.1 Å². The number of aryl methyl sites for hydroxylation is 1. The van der Waals surface area contributed by atoms with Crippen LogP contribution in [0, 0.1) is 6.92 Å². The molecule has 2 aromatic rings. The second kappa shape index (κ2) is 4.34. The van der Waals surface area contributed by atoms with Gasteiger partial charge in [-0.05, 0) is 12.1 Å². The molecular weight excluding hydrogens is 242 g/mol. The first-order chi connectivity index (χ1) is 8.02. The first kappa shape index (κ1) is 11.9. The highest BCUT2D eigenvalue weighted by Gasteiger charge is 2.13. The molecule has 0 aliphatic rings. The maximum atomic E-state index is 11.6. The zero-order chi connectivity index (χ0) is 12.5. The lowest BCUT2D eigenvalue weighted by molar-refractivity contribution is 0.561. The molecule has 0 atom stereocenters. The third kappa shape index (κ3) is 2.56. The zero-order valence-corrected chi connectivity index (χ0v) is 10.3. The van der Waals surface area contributed by atoms with Crippen molar-refractivity contribution in [1.82, 2.24) is 9.71 Å². The van der Waals surface area contributed by atoms with Crippen molar-refractivity contribution in [1.29, 1.82) is 0 Å². The van der Waals surface area contributed by atoms with Gasteiger partial charge >= 0.3 is 0 Å². The fraction of sp³-hybridized carbons (Fsp3) is 0.300. The van der Waals surface area contributed by atoms with Gasteiger partial charge < -0.3 is 4.42 Å². The van der Waals surface area contributed by atoms with Crippen molar-refractivity contribution in [3.05, 3.63) is 24.1 Å². The molecule has 2 N–H and O–H groups in total. The second-order valence-electron chi connectivity index (χ2n) is 3.49. The maximum absolute atomic E-state index is 11.6. The van der Waals surface area contributed by atoms with Gasteiger partial charge in [-0.15, -0.1) is 0 Å². The van der Waals surface area contributed by atoms with Crippen molar-refractivity contribution < 1.29 is 12.8 Å². The third-order valence-electron chi connectivity index (χ3n) is 2.10. The van der Waals surface area contributed by atoms with E-state index < -0.39 is 10.2 Å². The van der Waals surface area contributed by atoms with Crippen LogP contribution in [0.5, 0.6) is 0 Å². The molecule has 17 heavy (non-hydrogen) atoms. The quantitative estimate of drug-likeness (QED) is 0.865. The number of anilines is 1. The summed E-state index contributed by atoms with van der Waals surface area (Å²) in [6.07, 6.45) is 0. The van der Waals surface area contributed by atoms with Crippen LogP contribution in [0.2, 0.25) is 0 Å². The van der Waals surface area contributed by atoms with Gasteiger partial charge in [0.1, 0.15) is 5.52 Å². The minimum absolute atomic E-state index is 0.320. The lowest BCUT2D eigenvalue weighted by atomic mass is 10.3. The Kier molecular flexibility index (Phi) is 3.03. The lowest BCUT2D eigenvalue weighted by Gasteiger charge is -2.07. The van der Waals surface area contributed by atoms with Gasteiger partial charge in [-0.1, -0.05) is 13.0 Å². The maximum Gasteiger partial charge on any atom is 0.299 e. The Morgan fingerprint density at radius 3 is 2.88 bits per heavy atom. The van der Waals surface area contributed by atoms with Crippen molar-refractivity contribution >= 4 is 27.0 Å². The summed E-state index contributed by atoms with van der Waals surface area (Å²) in [5, 5.41) is 0. The number of nitrogens with one attached hydrogen (secondary N) is 2. The highest BCUT2D eigenvalue weighted by atomic mass is 32.2. The number of hydrogen-bond acceptors (Lipinski definition) is 4. The molecular formula is C10H13N3O3S. The number of hydrogen-bond donors (Lipinski definition) is 2. The Morgan fingerprint density at radius 1 is 1.41 bits per heavy atom. The van der Waals surface area contributed by atoms with Gasteiger partial charge in [0.2, 0.25) is 0 Å². The highest BCUT2D eigenvalue weighted by molar-refractivity contribution is 7.90. The van der Waals surface area contributed by atoms with E-state index in [1.54, 1.807) is 32.0 Å². The van der Waals surface area contributed by atoms with Gasteiger partial charge in [-0.25, -0.2) is 4.98 Å². The first-order valence-electron chi connectivity index (χ1n) is 5.15. The van der Waals surface area contributed by atoms with E-state index >= 15 is 0 Å². The minimum atomic E-state index is -3.55. The van der Waals surface area contributed by atoms with Crippen LogP contribution in [0.3, 0.4) is 0 Å². The minimum Gasteiger partial charge on any atom is -0.439 e. The first-order valence-corrected chi connectivity index (χ1v) is 6.63. The monoisotopic (exact) mass is 255 g/mol. The molecule has 0 aliphatic heterocycles. The van der Waals surface area contributed by atoms with Gasteiger partial charge in [0, 0.05) is 13.5 Å². The van der Waals surface area contributed by atoms with E-state index in [4.69, 9.17) is 4.42 Å². The van der Waals surface area contributed by atoms with Crippen LogP contribution < -0.4 is 9.44 Å². The summed E-state index contributed by atoms with van der Waals surface area (Å²) in [5.41, 5.74) is 1.44. The van der Waals surface area contributed by atoms with Crippen LogP contribution in [0.4, 0.5) is 5.69 Å². The molecule has 0 bridgehead atoms. The highest BCUT2D eigenvalue weighted by Crippen LogP contribution is 2.24. The molecule has 0 amide bonds. The molecule has 0 spiro atoms. The molecule has 7 heteroatoms. The summed E-state index contributed by atoms with van der Waals surface area (Å²) in [6, 6.07) is 5.10. The van der Waals surface area contributed by atoms with Gasteiger partial charge in [0.25, 0.3) is 10.2 Å².